The molecule has 5 aliphatic carbocycles. The van der Waals surface area contributed by atoms with Crippen molar-refractivity contribution in [1.29, 1.82) is 0 Å². The van der Waals surface area contributed by atoms with E-state index in [1.54, 1.807) is 24.3 Å². The fraction of sp³-hybridized carbons (Fsp3) is 0.615. The number of hydrogen-bond donors (Lipinski definition) is 0. The van der Waals surface area contributed by atoms with Crippen molar-refractivity contribution in [3.05, 3.63) is 52.0 Å². The quantitative estimate of drug-likeness (QED) is 0.425. The molecular weight excluding hydrogens is 430 g/mol. The Hall–Kier alpha value is -2.58. The Labute approximate surface area is 198 Å². The van der Waals surface area contributed by atoms with Crippen LogP contribution in [0.5, 0.6) is 0 Å². The zero-order chi connectivity index (χ0) is 22.8. The van der Waals surface area contributed by atoms with Crippen molar-refractivity contribution in [1.82, 2.24) is 19.6 Å². The molecule has 1 aliphatic heterocycles. The first-order valence-corrected chi connectivity index (χ1v) is 12.9. The lowest BCUT2D eigenvalue weighted by molar-refractivity contribution is -0.749. The van der Waals surface area contributed by atoms with Crippen molar-refractivity contribution in [2.45, 2.75) is 44.2 Å². The molecule has 8 rings (SSSR count). The third-order valence-electron chi connectivity index (χ3n) is 10.7. The standard InChI is InChI=1S/C26H29N5O3/c32-23-19-4-1-2-5-20(19)24(33)22-21(23)27-31(34)30(22)7-3-6-28-8-10-29(11-9-28)25-14-17-12-16-13-18(15-25)26(16,17)25/h1-2,4-5,16-18H,3,6-15H2. The molecule has 1 aromatic heterocycles. The molecule has 6 aliphatic rings. The predicted octanol–water partition coefficient (Wildman–Crippen LogP) is 1.49. The van der Waals surface area contributed by atoms with Crippen molar-refractivity contribution >= 4 is 11.6 Å². The van der Waals surface area contributed by atoms with Gasteiger partial charge in [0.15, 0.2) is 5.69 Å². The van der Waals surface area contributed by atoms with Crippen LogP contribution in [0.3, 0.4) is 0 Å². The molecule has 1 aromatic carbocycles. The molecular formula is C26H29N5O3. The van der Waals surface area contributed by atoms with Crippen LogP contribution in [0.15, 0.2) is 24.3 Å². The fourth-order valence-electron chi connectivity index (χ4n) is 9.36. The molecule has 2 aromatic rings. The topological polar surface area (TPSA) is 85.4 Å². The Morgan fingerprint density at radius 2 is 1.62 bits per heavy atom. The van der Waals surface area contributed by atoms with Crippen molar-refractivity contribution in [2.75, 3.05) is 32.7 Å². The Kier molecular flexibility index (Phi) is 3.68. The maximum absolute atomic E-state index is 13.0. The summed E-state index contributed by atoms with van der Waals surface area (Å²) in [6, 6.07) is 6.73. The summed E-state index contributed by atoms with van der Waals surface area (Å²) in [5.41, 5.74) is 2.11. The summed E-state index contributed by atoms with van der Waals surface area (Å²) in [5, 5.41) is 16.4. The highest BCUT2D eigenvalue weighted by Gasteiger charge is 2.88. The van der Waals surface area contributed by atoms with Crippen LogP contribution >= 0.6 is 0 Å². The van der Waals surface area contributed by atoms with Crippen LogP contribution in [0.2, 0.25) is 0 Å². The van der Waals surface area contributed by atoms with Gasteiger partial charge >= 0.3 is 0 Å². The summed E-state index contributed by atoms with van der Waals surface area (Å²) >= 11 is 0. The Morgan fingerprint density at radius 3 is 2.26 bits per heavy atom. The van der Waals surface area contributed by atoms with Gasteiger partial charge in [0.1, 0.15) is 0 Å². The molecule has 34 heavy (non-hydrogen) atoms. The second kappa shape index (κ2) is 6.34. The minimum Gasteiger partial charge on any atom is -0.571 e. The molecule has 0 radical (unpaired) electrons. The maximum atomic E-state index is 13.0. The number of fused-ring (bicyclic) bond motifs is 2. The van der Waals surface area contributed by atoms with E-state index in [0.717, 1.165) is 62.3 Å². The van der Waals surface area contributed by atoms with Gasteiger partial charge in [0.05, 0.1) is 6.54 Å². The van der Waals surface area contributed by atoms with E-state index >= 15 is 0 Å². The Balaban J connectivity index is 0.917. The summed E-state index contributed by atoms with van der Waals surface area (Å²) in [7, 11) is 0. The van der Waals surface area contributed by atoms with E-state index in [4.69, 9.17) is 0 Å². The lowest BCUT2D eigenvalue weighted by Crippen LogP contribution is -2.93. The molecule has 0 amide bonds. The average Bonchev–Trinajstić information content (AvgIpc) is 3.13. The van der Waals surface area contributed by atoms with Crippen molar-refractivity contribution < 1.29 is 14.5 Å². The number of hydrogen-bond acceptors (Lipinski definition) is 6. The minimum atomic E-state index is -0.347. The van der Waals surface area contributed by atoms with Gasteiger partial charge in [-0.25, -0.2) is 0 Å². The van der Waals surface area contributed by atoms with Gasteiger partial charge in [-0.1, -0.05) is 24.3 Å². The van der Waals surface area contributed by atoms with Gasteiger partial charge < -0.3 is 10.1 Å². The molecule has 2 unspecified atom stereocenters. The number of rotatable bonds is 5. The lowest BCUT2D eigenvalue weighted by atomic mass is 9.15. The third-order valence-corrected chi connectivity index (χ3v) is 10.7. The SMILES string of the molecule is O=C1c2ccccc2C(=O)c2c1n[n+]([O-])n2CCCN1CCN(C23CC4CC5CC(C2)C543)CC1. The smallest absolute Gasteiger partial charge is 0.220 e. The van der Waals surface area contributed by atoms with E-state index < -0.39 is 0 Å². The normalized spacial score (nSPS) is 37.4. The van der Waals surface area contributed by atoms with Crippen LogP contribution in [0.25, 0.3) is 0 Å². The lowest BCUT2D eigenvalue weighted by Gasteiger charge is -2.93. The number of carbonyl (C=O) groups excluding carboxylic acids is 2. The molecule has 8 nitrogen and oxygen atoms in total. The van der Waals surface area contributed by atoms with Crippen molar-refractivity contribution in [2.24, 2.45) is 23.2 Å². The number of aromatic nitrogens is 3. The molecule has 5 fully saturated rings. The molecule has 2 atom stereocenters. The Morgan fingerprint density at radius 1 is 0.941 bits per heavy atom. The van der Waals surface area contributed by atoms with Gasteiger partial charge in [0, 0.05) is 59.4 Å². The first-order valence-electron chi connectivity index (χ1n) is 12.9. The molecule has 1 saturated heterocycles. The first kappa shape index (κ1) is 19.7. The zero-order valence-electron chi connectivity index (χ0n) is 19.3. The van der Waals surface area contributed by atoms with Crippen LogP contribution in [0.4, 0.5) is 0 Å². The number of carbonyl (C=O) groups is 2. The molecule has 1 spiro atoms. The highest BCUT2D eigenvalue weighted by atomic mass is 16.5. The largest absolute Gasteiger partial charge is 0.571 e. The van der Waals surface area contributed by atoms with E-state index in [1.165, 1.54) is 30.4 Å². The number of nitrogens with zero attached hydrogens (tertiary/aromatic N) is 5. The van der Waals surface area contributed by atoms with Gasteiger partial charge in [-0.2, -0.15) is 0 Å². The molecule has 0 N–H and O–H groups in total. The third kappa shape index (κ3) is 2.06. The Bertz CT molecular complexity index is 1230. The molecule has 4 saturated carbocycles. The van der Waals surface area contributed by atoms with Gasteiger partial charge in [-0.3, -0.25) is 14.5 Å². The summed E-state index contributed by atoms with van der Waals surface area (Å²) in [6.07, 6.45) is 6.66. The van der Waals surface area contributed by atoms with Crippen LogP contribution in [-0.2, 0) is 6.54 Å². The highest BCUT2D eigenvalue weighted by molar-refractivity contribution is 6.26. The van der Waals surface area contributed by atoms with E-state index in [-0.39, 0.29) is 23.0 Å². The number of ketones is 2. The van der Waals surface area contributed by atoms with E-state index in [9.17, 15) is 14.8 Å². The number of piperazine rings is 1. The average molecular weight is 460 g/mol. The van der Waals surface area contributed by atoms with Crippen molar-refractivity contribution in [3.8, 4) is 0 Å². The maximum Gasteiger partial charge on any atom is 0.220 e. The molecule has 2 heterocycles. The molecule has 176 valence electrons. The van der Waals surface area contributed by atoms with Crippen LogP contribution in [0, 0.1) is 28.4 Å². The van der Waals surface area contributed by atoms with Crippen LogP contribution in [-0.4, -0.2) is 69.4 Å². The zero-order valence-corrected chi connectivity index (χ0v) is 19.3. The molecule has 8 heteroatoms. The van der Waals surface area contributed by atoms with Crippen LogP contribution < -0.4 is 4.96 Å². The molecule has 0 bridgehead atoms. The fourth-order valence-corrected chi connectivity index (χ4v) is 9.36. The van der Waals surface area contributed by atoms with Gasteiger partial charge in [-0.05, 0) is 55.3 Å². The van der Waals surface area contributed by atoms with E-state index in [1.807, 2.05) is 0 Å². The van der Waals surface area contributed by atoms with Crippen LogP contribution in [0.1, 0.15) is 64.2 Å². The first-order chi connectivity index (χ1) is 16.5. The summed E-state index contributed by atoms with van der Waals surface area (Å²) < 4.78 is 1.34. The van der Waals surface area contributed by atoms with E-state index in [0.29, 0.717) is 28.2 Å². The summed E-state index contributed by atoms with van der Waals surface area (Å²) in [5.74, 6) is 2.50. The monoisotopic (exact) mass is 459 g/mol. The van der Waals surface area contributed by atoms with E-state index in [2.05, 4.69) is 14.9 Å². The van der Waals surface area contributed by atoms with Gasteiger partial charge in [0.2, 0.25) is 17.3 Å². The second-order valence-electron chi connectivity index (χ2n) is 11.5. The minimum absolute atomic E-state index is 0.0196. The summed E-state index contributed by atoms with van der Waals surface area (Å²) in [6.45, 7) is 5.71. The van der Waals surface area contributed by atoms with Gasteiger partial charge in [0.25, 0.3) is 0 Å². The van der Waals surface area contributed by atoms with Gasteiger partial charge in [-0.15, -0.1) is 4.68 Å². The summed E-state index contributed by atoms with van der Waals surface area (Å²) in [4.78, 5) is 31.6. The number of benzene rings is 1. The second-order valence-corrected chi connectivity index (χ2v) is 11.5. The highest BCUT2D eigenvalue weighted by Crippen LogP contribution is 2.90. The predicted molar refractivity (Wildman–Crippen MR) is 121 cm³/mol. The van der Waals surface area contributed by atoms with Crippen molar-refractivity contribution in [3.63, 3.8) is 0 Å².